The van der Waals surface area contributed by atoms with Crippen molar-refractivity contribution < 1.29 is 9.59 Å². The van der Waals surface area contributed by atoms with E-state index in [9.17, 15) is 9.59 Å². The predicted molar refractivity (Wildman–Crippen MR) is 114 cm³/mol. The fraction of sp³-hybridized carbons (Fsp3) is 0.350. The normalized spacial score (nSPS) is 25.4. The molecule has 2 amide bonds. The number of hydrogen-bond acceptors (Lipinski definition) is 4. The highest BCUT2D eigenvalue weighted by Gasteiger charge is 2.49. The van der Waals surface area contributed by atoms with E-state index in [1.807, 2.05) is 43.3 Å². The van der Waals surface area contributed by atoms with Crippen molar-refractivity contribution in [1.29, 1.82) is 5.41 Å². The molecule has 2 aliphatic heterocycles. The van der Waals surface area contributed by atoms with Gasteiger partial charge in [-0.1, -0.05) is 12.1 Å². The monoisotopic (exact) mass is 460 g/mol. The Morgan fingerprint density at radius 3 is 2.50 bits per heavy atom. The Kier molecular flexibility index (Phi) is 4.79. The number of anilines is 1. The maximum atomic E-state index is 13.2. The Morgan fingerprint density at radius 1 is 1.21 bits per heavy atom. The summed E-state index contributed by atoms with van der Waals surface area (Å²) >= 11 is 5.05. The zero-order valence-corrected chi connectivity index (χ0v) is 18.1. The number of amides is 2. The molecule has 0 aliphatic carbocycles. The van der Waals surface area contributed by atoms with Gasteiger partial charge in [0, 0.05) is 30.6 Å². The van der Waals surface area contributed by atoms with E-state index in [4.69, 9.17) is 5.41 Å². The second-order valence-electron chi connectivity index (χ2n) is 7.35. The number of carbonyl (C=O) groups is 2. The SMILES string of the molecule is CN1C(=N)N[C@](C)(c2ccc(Br)s2)C(c2ccc(N3CCCC3=O)cc2)C1=O. The summed E-state index contributed by atoms with van der Waals surface area (Å²) in [5, 5.41) is 11.4. The van der Waals surface area contributed by atoms with Crippen LogP contribution in [0.5, 0.6) is 0 Å². The van der Waals surface area contributed by atoms with Gasteiger partial charge in [0.1, 0.15) is 0 Å². The number of hydrogen-bond donors (Lipinski definition) is 2. The van der Waals surface area contributed by atoms with E-state index >= 15 is 0 Å². The maximum Gasteiger partial charge on any atom is 0.239 e. The van der Waals surface area contributed by atoms with Crippen molar-refractivity contribution in [1.82, 2.24) is 10.2 Å². The van der Waals surface area contributed by atoms with Gasteiger partial charge >= 0.3 is 0 Å². The molecular formula is C20H21BrN4O2S. The molecule has 146 valence electrons. The number of carbonyl (C=O) groups excluding carboxylic acids is 2. The number of rotatable bonds is 3. The number of halogens is 1. The third kappa shape index (κ3) is 3.04. The van der Waals surface area contributed by atoms with Crippen LogP contribution < -0.4 is 10.2 Å². The lowest BCUT2D eigenvalue weighted by atomic mass is 9.77. The standard InChI is InChI=1S/C20H21BrN4O2S/c1-20(14-9-10-15(21)28-14)17(18(27)24(2)19(22)23-20)12-5-7-13(8-6-12)25-11-3-4-16(25)26/h5-10,17H,3-4,11H2,1-2H3,(H2,22,23)/t17?,20-/m1/s1. The van der Waals surface area contributed by atoms with Gasteiger partial charge in [0.15, 0.2) is 5.96 Å². The third-order valence-electron chi connectivity index (χ3n) is 5.56. The molecule has 2 aromatic rings. The van der Waals surface area contributed by atoms with Gasteiger partial charge in [0.25, 0.3) is 0 Å². The van der Waals surface area contributed by atoms with E-state index in [-0.39, 0.29) is 17.8 Å². The summed E-state index contributed by atoms with van der Waals surface area (Å²) in [6.45, 7) is 2.70. The molecule has 6 nitrogen and oxygen atoms in total. The molecule has 3 heterocycles. The minimum atomic E-state index is -0.734. The molecule has 28 heavy (non-hydrogen) atoms. The molecule has 2 saturated heterocycles. The van der Waals surface area contributed by atoms with E-state index in [1.165, 1.54) is 4.90 Å². The van der Waals surface area contributed by atoms with Gasteiger partial charge in [-0.3, -0.25) is 19.9 Å². The highest BCUT2D eigenvalue weighted by Crippen LogP contribution is 2.44. The number of likely N-dealkylation sites (N-methyl/N-ethyl adjacent to an activating group) is 1. The molecule has 0 radical (unpaired) electrons. The van der Waals surface area contributed by atoms with Crippen LogP contribution in [-0.4, -0.2) is 36.3 Å². The van der Waals surface area contributed by atoms with Crippen LogP contribution in [0.4, 0.5) is 5.69 Å². The zero-order chi connectivity index (χ0) is 20.1. The Morgan fingerprint density at radius 2 is 1.93 bits per heavy atom. The lowest BCUT2D eigenvalue weighted by Gasteiger charge is -2.45. The summed E-state index contributed by atoms with van der Waals surface area (Å²) < 4.78 is 0.977. The van der Waals surface area contributed by atoms with Gasteiger partial charge < -0.3 is 10.2 Å². The van der Waals surface area contributed by atoms with Crippen molar-refractivity contribution in [3.63, 3.8) is 0 Å². The highest BCUT2D eigenvalue weighted by atomic mass is 79.9. The molecule has 0 bridgehead atoms. The van der Waals surface area contributed by atoms with Gasteiger partial charge in [-0.2, -0.15) is 0 Å². The Bertz CT molecular complexity index is 957. The Hall–Kier alpha value is -2.19. The van der Waals surface area contributed by atoms with Crippen LogP contribution in [0.25, 0.3) is 0 Å². The van der Waals surface area contributed by atoms with Crippen molar-refractivity contribution in [3.05, 3.63) is 50.6 Å². The molecular weight excluding hydrogens is 440 g/mol. The molecule has 2 N–H and O–H groups in total. The predicted octanol–water partition coefficient (Wildman–Crippen LogP) is 3.63. The molecule has 2 fully saturated rings. The average Bonchev–Trinajstić information content (AvgIpc) is 3.29. The van der Waals surface area contributed by atoms with Crippen molar-refractivity contribution in [2.24, 2.45) is 0 Å². The fourth-order valence-electron chi connectivity index (χ4n) is 3.99. The lowest BCUT2D eigenvalue weighted by molar-refractivity contribution is -0.131. The molecule has 2 atom stereocenters. The molecule has 1 aromatic heterocycles. The first-order valence-corrected chi connectivity index (χ1v) is 10.7. The van der Waals surface area contributed by atoms with Crippen LogP contribution in [0, 0.1) is 5.41 Å². The molecule has 2 aliphatic rings. The summed E-state index contributed by atoms with van der Waals surface area (Å²) in [5.74, 6) is -0.376. The van der Waals surface area contributed by atoms with Gasteiger partial charge in [-0.15, -0.1) is 11.3 Å². The number of thiophene rings is 1. The number of benzene rings is 1. The molecule has 0 saturated carbocycles. The minimum Gasteiger partial charge on any atom is -0.345 e. The van der Waals surface area contributed by atoms with Gasteiger partial charge in [0.05, 0.1) is 15.2 Å². The van der Waals surface area contributed by atoms with Crippen LogP contribution in [0.3, 0.4) is 0 Å². The topological polar surface area (TPSA) is 76.5 Å². The molecule has 1 aromatic carbocycles. The number of nitrogens with zero attached hydrogens (tertiary/aromatic N) is 2. The van der Waals surface area contributed by atoms with Gasteiger partial charge in [0.2, 0.25) is 11.8 Å². The average molecular weight is 461 g/mol. The Labute approximate surface area is 176 Å². The van der Waals surface area contributed by atoms with Crippen molar-refractivity contribution in [2.45, 2.75) is 31.2 Å². The third-order valence-corrected chi connectivity index (χ3v) is 7.43. The Balaban J connectivity index is 1.74. The second-order valence-corrected chi connectivity index (χ2v) is 9.81. The first-order chi connectivity index (χ1) is 13.3. The highest BCUT2D eigenvalue weighted by molar-refractivity contribution is 9.11. The summed E-state index contributed by atoms with van der Waals surface area (Å²) in [6, 6.07) is 11.6. The summed E-state index contributed by atoms with van der Waals surface area (Å²) in [4.78, 5) is 29.3. The van der Waals surface area contributed by atoms with Crippen LogP contribution in [0.2, 0.25) is 0 Å². The van der Waals surface area contributed by atoms with Crippen LogP contribution in [-0.2, 0) is 15.1 Å². The quantitative estimate of drug-likeness (QED) is 0.733. The smallest absolute Gasteiger partial charge is 0.239 e. The second kappa shape index (κ2) is 7.00. The largest absolute Gasteiger partial charge is 0.345 e. The molecule has 4 rings (SSSR count). The van der Waals surface area contributed by atoms with Crippen LogP contribution in [0.15, 0.2) is 40.2 Å². The van der Waals surface area contributed by atoms with E-state index in [1.54, 1.807) is 23.3 Å². The summed E-state index contributed by atoms with van der Waals surface area (Å²) in [6.07, 6.45) is 1.47. The van der Waals surface area contributed by atoms with Crippen LogP contribution in [0.1, 0.15) is 36.1 Å². The first-order valence-electron chi connectivity index (χ1n) is 9.11. The molecule has 0 spiro atoms. The van der Waals surface area contributed by atoms with E-state index in [0.29, 0.717) is 6.42 Å². The van der Waals surface area contributed by atoms with E-state index < -0.39 is 11.5 Å². The zero-order valence-electron chi connectivity index (χ0n) is 15.7. The summed E-state index contributed by atoms with van der Waals surface area (Å²) in [7, 11) is 1.62. The maximum absolute atomic E-state index is 13.2. The van der Waals surface area contributed by atoms with Crippen molar-refractivity contribution in [2.75, 3.05) is 18.5 Å². The molecule has 8 heteroatoms. The summed E-state index contributed by atoms with van der Waals surface area (Å²) in [5.41, 5.74) is 0.992. The van der Waals surface area contributed by atoms with Gasteiger partial charge in [-0.25, -0.2) is 0 Å². The van der Waals surface area contributed by atoms with Crippen LogP contribution >= 0.6 is 27.3 Å². The van der Waals surface area contributed by atoms with E-state index in [2.05, 4.69) is 21.2 Å². The number of nitrogens with one attached hydrogen (secondary N) is 2. The number of guanidine groups is 1. The lowest BCUT2D eigenvalue weighted by Crippen LogP contribution is -2.62. The van der Waals surface area contributed by atoms with E-state index in [0.717, 1.165) is 32.9 Å². The van der Waals surface area contributed by atoms with Crippen molar-refractivity contribution >= 4 is 50.7 Å². The first kappa shape index (κ1) is 19.1. The fourth-order valence-corrected chi connectivity index (χ4v) is 5.51. The van der Waals surface area contributed by atoms with Crippen molar-refractivity contribution in [3.8, 4) is 0 Å². The van der Waals surface area contributed by atoms with Gasteiger partial charge in [-0.05, 0) is 59.1 Å². The minimum absolute atomic E-state index is 0.0903. The molecule has 1 unspecified atom stereocenters.